The number of oxime groups is 2. The van der Waals surface area contributed by atoms with Crippen LogP contribution in [0.3, 0.4) is 0 Å². The largest absolute Gasteiger partial charge is 0.399 e. The standard InChI is InChI=1S/C19H19FN2O3.C2H6O/c1-13-5-4-6-17(19(11-23)22-24-3)18(13)12-25-21-14(2)15-7-9-16(20)10-8-15;1-3-2/h4-11H,12H2,1-3H3;1-2H3/b21-14+,22-19-;. The van der Waals surface area contributed by atoms with Crippen LogP contribution in [0.2, 0.25) is 0 Å². The Hall–Kier alpha value is -3.06. The summed E-state index contributed by atoms with van der Waals surface area (Å²) in [5.41, 5.74) is 3.94. The molecule has 0 N–H and O–H groups in total. The molecule has 0 radical (unpaired) electrons. The zero-order chi connectivity index (χ0) is 20.9. The maximum absolute atomic E-state index is 13.0. The highest BCUT2D eigenvalue weighted by atomic mass is 19.1. The third-order valence-electron chi connectivity index (χ3n) is 3.66. The number of rotatable bonds is 7. The molecule has 0 amide bonds. The summed E-state index contributed by atoms with van der Waals surface area (Å²) in [4.78, 5) is 21.4. The second-order valence-electron chi connectivity index (χ2n) is 5.74. The lowest BCUT2D eigenvalue weighted by atomic mass is 9.99. The monoisotopic (exact) mass is 388 g/mol. The van der Waals surface area contributed by atoms with E-state index in [1.807, 2.05) is 19.1 Å². The van der Waals surface area contributed by atoms with Crippen molar-refractivity contribution in [1.82, 2.24) is 0 Å². The zero-order valence-corrected chi connectivity index (χ0v) is 16.7. The molecule has 7 heteroatoms. The molecule has 0 saturated carbocycles. The third-order valence-corrected chi connectivity index (χ3v) is 3.66. The van der Waals surface area contributed by atoms with Crippen LogP contribution in [-0.4, -0.2) is 39.0 Å². The van der Waals surface area contributed by atoms with E-state index in [0.29, 0.717) is 17.6 Å². The molecular weight excluding hydrogens is 363 g/mol. The van der Waals surface area contributed by atoms with Gasteiger partial charge in [0, 0.05) is 25.3 Å². The Morgan fingerprint density at radius 2 is 1.71 bits per heavy atom. The first-order valence-electron chi connectivity index (χ1n) is 8.46. The van der Waals surface area contributed by atoms with Gasteiger partial charge in [-0.15, -0.1) is 0 Å². The molecule has 0 aliphatic carbocycles. The van der Waals surface area contributed by atoms with Gasteiger partial charge >= 0.3 is 0 Å². The van der Waals surface area contributed by atoms with Crippen molar-refractivity contribution in [3.8, 4) is 0 Å². The molecule has 0 heterocycles. The van der Waals surface area contributed by atoms with Gasteiger partial charge in [-0.05, 0) is 37.1 Å². The number of halogens is 1. The van der Waals surface area contributed by atoms with Crippen molar-refractivity contribution < 1.29 is 23.6 Å². The third kappa shape index (κ3) is 6.92. The van der Waals surface area contributed by atoms with E-state index in [1.54, 1.807) is 39.3 Å². The summed E-state index contributed by atoms with van der Waals surface area (Å²) >= 11 is 0. The highest BCUT2D eigenvalue weighted by Crippen LogP contribution is 2.17. The number of benzene rings is 2. The lowest BCUT2D eigenvalue weighted by Crippen LogP contribution is -2.09. The normalized spacial score (nSPS) is 11.4. The van der Waals surface area contributed by atoms with Gasteiger partial charge in [0.2, 0.25) is 0 Å². The van der Waals surface area contributed by atoms with Crippen LogP contribution >= 0.6 is 0 Å². The molecule has 150 valence electrons. The molecule has 6 nitrogen and oxygen atoms in total. The Kier molecular flexibility index (Phi) is 10.1. The van der Waals surface area contributed by atoms with Crippen LogP contribution in [0, 0.1) is 12.7 Å². The quantitative estimate of drug-likeness (QED) is 0.410. The van der Waals surface area contributed by atoms with Crippen LogP contribution in [-0.2, 0) is 25.8 Å². The van der Waals surface area contributed by atoms with Crippen molar-refractivity contribution >= 4 is 17.7 Å². The highest BCUT2D eigenvalue weighted by Gasteiger charge is 2.12. The minimum Gasteiger partial charge on any atom is -0.399 e. The number of aldehydes is 1. The number of carbonyl (C=O) groups excluding carboxylic acids is 1. The van der Waals surface area contributed by atoms with Gasteiger partial charge in [0.1, 0.15) is 25.2 Å². The number of methoxy groups -OCH3 is 1. The number of hydrogen-bond acceptors (Lipinski definition) is 6. The van der Waals surface area contributed by atoms with Gasteiger partial charge in [-0.1, -0.05) is 40.6 Å². The van der Waals surface area contributed by atoms with Gasteiger partial charge in [-0.25, -0.2) is 4.39 Å². The smallest absolute Gasteiger partial charge is 0.172 e. The molecular formula is C21H25FN2O4. The predicted molar refractivity (Wildman–Crippen MR) is 107 cm³/mol. The molecule has 0 aliphatic rings. The van der Waals surface area contributed by atoms with E-state index in [4.69, 9.17) is 9.68 Å². The summed E-state index contributed by atoms with van der Waals surface area (Å²) in [7, 11) is 4.63. The van der Waals surface area contributed by atoms with Crippen LogP contribution in [0.15, 0.2) is 52.8 Å². The minimum absolute atomic E-state index is 0.164. The molecule has 2 aromatic rings. The van der Waals surface area contributed by atoms with Crippen molar-refractivity contribution in [2.24, 2.45) is 10.3 Å². The topological polar surface area (TPSA) is 69.5 Å². The Morgan fingerprint density at radius 1 is 1.07 bits per heavy atom. The SMILES string of the molecule is CO/N=C(/C=O)c1cccc(C)c1CO/N=C(\C)c1ccc(F)cc1.COC. The van der Waals surface area contributed by atoms with Gasteiger partial charge in [0.25, 0.3) is 0 Å². The first kappa shape index (κ1) is 23.0. The number of hydrogen-bond donors (Lipinski definition) is 0. The minimum atomic E-state index is -0.305. The van der Waals surface area contributed by atoms with Crippen LogP contribution < -0.4 is 0 Å². The van der Waals surface area contributed by atoms with Gasteiger partial charge < -0.3 is 14.4 Å². The van der Waals surface area contributed by atoms with Crippen LogP contribution in [0.25, 0.3) is 0 Å². The summed E-state index contributed by atoms with van der Waals surface area (Å²) < 4.78 is 17.2. The lowest BCUT2D eigenvalue weighted by Gasteiger charge is -2.11. The molecule has 0 aromatic heterocycles. The first-order chi connectivity index (χ1) is 13.5. The van der Waals surface area contributed by atoms with Gasteiger partial charge in [0.05, 0.1) is 5.71 Å². The summed E-state index contributed by atoms with van der Waals surface area (Å²) in [6.07, 6.45) is 0.634. The molecule has 0 unspecified atom stereocenters. The summed E-state index contributed by atoms with van der Waals surface area (Å²) in [5.74, 6) is -0.305. The average molecular weight is 388 g/mol. The molecule has 0 aliphatic heterocycles. The predicted octanol–water partition coefficient (Wildman–Crippen LogP) is 3.89. The number of nitrogens with zero attached hydrogens (tertiary/aromatic N) is 2. The van der Waals surface area contributed by atoms with E-state index in [0.717, 1.165) is 16.7 Å². The number of aryl methyl sites for hydroxylation is 1. The summed E-state index contributed by atoms with van der Waals surface area (Å²) in [5, 5.41) is 7.80. The van der Waals surface area contributed by atoms with Crippen molar-refractivity contribution in [2.45, 2.75) is 20.5 Å². The Bertz CT molecular complexity index is 818. The van der Waals surface area contributed by atoms with Crippen molar-refractivity contribution in [1.29, 1.82) is 0 Å². The van der Waals surface area contributed by atoms with E-state index >= 15 is 0 Å². The molecule has 28 heavy (non-hydrogen) atoms. The van der Waals surface area contributed by atoms with Crippen LogP contribution in [0.4, 0.5) is 4.39 Å². The van der Waals surface area contributed by atoms with Crippen LogP contribution in [0.1, 0.15) is 29.2 Å². The average Bonchev–Trinajstić information content (AvgIpc) is 2.68. The fraction of sp³-hybridized carbons (Fsp3) is 0.286. The Morgan fingerprint density at radius 3 is 2.29 bits per heavy atom. The van der Waals surface area contributed by atoms with Crippen LogP contribution in [0.5, 0.6) is 0 Å². The Labute approximate surface area is 164 Å². The van der Waals surface area contributed by atoms with E-state index in [9.17, 15) is 9.18 Å². The second-order valence-corrected chi connectivity index (χ2v) is 5.74. The van der Waals surface area contributed by atoms with Crippen molar-refractivity contribution in [3.05, 3.63) is 70.5 Å². The van der Waals surface area contributed by atoms with Crippen molar-refractivity contribution in [3.63, 3.8) is 0 Å². The molecule has 2 rings (SSSR count). The fourth-order valence-corrected chi connectivity index (χ4v) is 2.30. The fourth-order valence-electron chi connectivity index (χ4n) is 2.30. The summed E-state index contributed by atoms with van der Waals surface area (Å²) in [6, 6.07) is 11.5. The molecule has 0 fully saturated rings. The summed E-state index contributed by atoms with van der Waals surface area (Å²) in [6.45, 7) is 3.85. The first-order valence-corrected chi connectivity index (χ1v) is 8.46. The lowest BCUT2D eigenvalue weighted by molar-refractivity contribution is -0.102. The van der Waals surface area contributed by atoms with Crippen molar-refractivity contribution in [2.75, 3.05) is 21.3 Å². The highest BCUT2D eigenvalue weighted by molar-refractivity contribution is 6.36. The second kappa shape index (κ2) is 12.3. The molecule has 0 atom stereocenters. The maximum atomic E-state index is 13.0. The molecule has 0 bridgehead atoms. The number of ether oxygens (including phenoxy) is 1. The zero-order valence-electron chi connectivity index (χ0n) is 16.7. The number of carbonyl (C=O) groups is 1. The van der Waals surface area contributed by atoms with Gasteiger partial charge in [0.15, 0.2) is 6.29 Å². The molecule has 0 saturated heterocycles. The molecule has 2 aromatic carbocycles. The van der Waals surface area contributed by atoms with E-state index in [1.165, 1.54) is 19.2 Å². The van der Waals surface area contributed by atoms with E-state index in [2.05, 4.69) is 15.0 Å². The van der Waals surface area contributed by atoms with E-state index in [-0.39, 0.29) is 18.1 Å². The maximum Gasteiger partial charge on any atom is 0.172 e. The van der Waals surface area contributed by atoms with Gasteiger partial charge in [-0.2, -0.15) is 0 Å². The Balaban J connectivity index is 0.00000122. The van der Waals surface area contributed by atoms with Gasteiger partial charge in [-0.3, -0.25) is 4.79 Å². The molecule has 0 spiro atoms. The van der Waals surface area contributed by atoms with E-state index < -0.39 is 0 Å².